The summed E-state index contributed by atoms with van der Waals surface area (Å²) in [6.07, 6.45) is 0.495. The molecule has 0 spiro atoms. The number of rotatable bonds is 4. The third-order valence-electron chi connectivity index (χ3n) is 3.27. The lowest BCUT2D eigenvalue weighted by Crippen LogP contribution is -2.43. The summed E-state index contributed by atoms with van der Waals surface area (Å²) in [5.41, 5.74) is 5.94. The lowest BCUT2D eigenvalue weighted by molar-refractivity contribution is -0.121. The Morgan fingerprint density at radius 3 is 2.53 bits per heavy atom. The molecule has 0 saturated carbocycles. The molecule has 3 nitrogen and oxygen atoms in total. The van der Waals surface area contributed by atoms with Crippen molar-refractivity contribution in [2.75, 3.05) is 5.32 Å². The fourth-order valence-corrected chi connectivity index (χ4v) is 2.17. The van der Waals surface area contributed by atoms with Gasteiger partial charge >= 0.3 is 0 Å². The van der Waals surface area contributed by atoms with Crippen molar-refractivity contribution in [1.82, 2.24) is 0 Å². The van der Waals surface area contributed by atoms with Crippen LogP contribution in [0.5, 0.6) is 0 Å². The molecule has 1 rings (SSSR count). The van der Waals surface area contributed by atoms with Gasteiger partial charge in [0.25, 0.3) is 0 Å². The van der Waals surface area contributed by atoms with E-state index in [1.165, 1.54) is 0 Å². The van der Waals surface area contributed by atoms with Gasteiger partial charge in [-0.2, -0.15) is 0 Å². The number of anilines is 1. The second-order valence-corrected chi connectivity index (χ2v) is 5.78. The Morgan fingerprint density at radius 1 is 1.47 bits per heavy atom. The van der Waals surface area contributed by atoms with Crippen LogP contribution in [0.4, 0.5) is 5.69 Å². The SMILES string of the molecule is CCC(C)(C(=O)Nc1c(Cl)ccc(C)c1Cl)C(N)=S. The molecule has 1 aromatic carbocycles. The second kappa shape index (κ2) is 6.07. The number of aryl methyl sites for hydroxylation is 1. The normalized spacial score (nSPS) is 13.7. The first-order chi connectivity index (χ1) is 8.74. The van der Waals surface area contributed by atoms with Gasteiger partial charge in [0, 0.05) is 0 Å². The standard InChI is InChI=1S/C13H16Cl2N2OS/c1-4-13(3,11(16)19)12(18)17-10-8(14)6-5-7(2)9(10)15/h5-6H,4H2,1-3H3,(H2,16,19)(H,17,18). The van der Waals surface area contributed by atoms with Crippen molar-refractivity contribution in [1.29, 1.82) is 0 Å². The molecule has 1 atom stereocenters. The molecule has 6 heteroatoms. The van der Waals surface area contributed by atoms with Crippen molar-refractivity contribution in [3.63, 3.8) is 0 Å². The minimum Gasteiger partial charge on any atom is -0.392 e. The zero-order valence-corrected chi connectivity index (χ0v) is 13.3. The van der Waals surface area contributed by atoms with Crippen molar-refractivity contribution in [3.8, 4) is 0 Å². The highest BCUT2D eigenvalue weighted by atomic mass is 35.5. The number of hydrogen-bond acceptors (Lipinski definition) is 2. The maximum atomic E-state index is 12.3. The van der Waals surface area contributed by atoms with Crippen molar-refractivity contribution in [2.24, 2.45) is 11.1 Å². The fraction of sp³-hybridized carbons (Fsp3) is 0.385. The molecule has 0 bridgehead atoms. The monoisotopic (exact) mass is 318 g/mol. The number of nitrogens with two attached hydrogens (primary N) is 1. The maximum Gasteiger partial charge on any atom is 0.237 e. The van der Waals surface area contributed by atoms with Crippen LogP contribution in [0.15, 0.2) is 12.1 Å². The third-order valence-corrected chi connectivity index (χ3v) is 4.53. The third kappa shape index (κ3) is 3.19. The number of carbonyl (C=O) groups is 1. The fourth-order valence-electron chi connectivity index (χ4n) is 1.47. The Kier molecular flexibility index (Phi) is 5.18. The number of benzene rings is 1. The highest BCUT2D eigenvalue weighted by Gasteiger charge is 2.35. The molecule has 0 aliphatic carbocycles. The van der Waals surface area contributed by atoms with Crippen LogP contribution in [0.25, 0.3) is 0 Å². The predicted octanol–water partition coefficient (Wildman–Crippen LogP) is 3.94. The quantitative estimate of drug-likeness (QED) is 0.827. The lowest BCUT2D eigenvalue weighted by atomic mass is 9.86. The van der Waals surface area contributed by atoms with Gasteiger partial charge in [0.05, 0.1) is 26.1 Å². The average Bonchev–Trinajstić information content (AvgIpc) is 2.37. The van der Waals surface area contributed by atoms with Crippen LogP contribution in [0.2, 0.25) is 10.0 Å². The molecule has 1 aromatic rings. The van der Waals surface area contributed by atoms with Gasteiger partial charge in [0.1, 0.15) is 0 Å². The molecular formula is C13H16Cl2N2OS. The second-order valence-electron chi connectivity index (χ2n) is 4.56. The summed E-state index contributed by atoms with van der Waals surface area (Å²) >= 11 is 17.2. The molecular weight excluding hydrogens is 303 g/mol. The minimum atomic E-state index is -0.925. The van der Waals surface area contributed by atoms with Crippen LogP contribution < -0.4 is 11.1 Å². The number of nitrogens with one attached hydrogen (secondary N) is 1. The Labute approximate surface area is 128 Å². The summed E-state index contributed by atoms with van der Waals surface area (Å²) in [6, 6.07) is 3.47. The summed E-state index contributed by atoms with van der Waals surface area (Å²) in [6.45, 7) is 5.38. The van der Waals surface area contributed by atoms with Crippen LogP contribution in [0.3, 0.4) is 0 Å². The van der Waals surface area contributed by atoms with Gasteiger partial charge in [0.2, 0.25) is 5.91 Å². The van der Waals surface area contributed by atoms with E-state index >= 15 is 0 Å². The van der Waals surface area contributed by atoms with E-state index in [1.54, 1.807) is 19.1 Å². The van der Waals surface area contributed by atoms with Gasteiger partial charge < -0.3 is 11.1 Å². The highest BCUT2D eigenvalue weighted by molar-refractivity contribution is 7.80. The van der Waals surface area contributed by atoms with E-state index < -0.39 is 5.41 Å². The summed E-state index contributed by atoms with van der Waals surface area (Å²) in [5, 5.41) is 3.52. The van der Waals surface area contributed by atoms with Gasteiger partial charge in [-0.15, -0.1) is 0 Å². The number of hydrogen-bond donors (Lipinski definition) is 2. The molecule has 19 heavy (non-hydrogen) atoms. The van der Waals surface area contributed by atoms with E-state index in [1.807, 2.05) is 13.8 Å². The number of halogens is 2. The number of amides is 1. The summed E-state index contributed by atoms with van der Waals surface area (Å²) < 4.78 is 0. The van der Waals surface area contributed by atoms with E-state index in [0.29, 0.717) is 22.2 Å². The van der Waals surface area contributed by atoms with E-state index in [9.17, 15) is 4.79 Å². The summed E-state index contributed by atoms with van der Waals surface area (Å²) in [7, 11) is 0. The molecule has 0 fully saturated rings. The van der Waals surface area contributed by atoms with Gasteiger partial charge in [0.15, 0.2) is 0 Å². The first-order valence-corrected chi connectivity index (χ1v) is 6.96. The molecule has 3 N–H and O–H groups in total. The largest absolute Gasteiger partial charge is 0.392 e. The van der Waals surface area contributed by atoms with Crippen LogP contribution >= 0.6 is 35.4 Å². The maximum absolute atomic E-state index is 12.3. The number of carbonyl (C=O) groups excluding carboxylic acids is 1. The van der Waals surface area contributed by atoms with Gasteiger partial charge in [-0.1, -0.05) is 48.4 Å². The highest BCUT2D eigenvalue weighted by Crippen LogP contribution is 2.34. The zero-order chi connectivity index (χ0) is 14.8. The Morgan fingerprint density at radius 2 is 2.05 bits per heavy atom. The van der Waals surface area contributed by atoms with E-state index in [2.05, 4.69) is 5.32 Å². The molecule has 0 heterocycles. The lowest BCUT2D eigenvalue weighted by Gasteiger charge is -2.26. The molecule has 0 aliphatic heterocycles. The van der Waals surface area contributed by atoms with Crippen LogP contribution in [0, 0.1) is 12.3 Å². The molecule has 0 saturated heterocycles. The number of thiocarbonyl (C=S) groups is 1. The molecule has 0 radical (unpaired) electrons. The molecule has 0 aromatic heterocycles. The molecule has 0 aliphatic rings. The van der Waals surface area contributed by atoms with E-state index in [-0.39, 0.29) is 10.9 Å². The Hall–Kier alpha value is -0.840. The first kappa shape index (κ1) is 16.2. The van der Waals surface area contributed by atoms with Gasteiger partial charge in [-0.05, 0) is 31.9 Å². The van der Waals surface area contributed by atoms with Crippen molar-refractivity contribution < 1.29 is 4.79 Å². The molecule has 1 amide bonds. The Balaban J connectivity index is 3.14. The Bertz CT molecular complexity index is 534. The predicted molar refractivity (Wildman–Crippen MR) is 85.0 cm³/mol. The molecule has 104 valence electrons. The van der Waals surface area contributed by atoms with Crippen LogP contribution in [0.1, 0.15) is 25.8 Å². The van der Waals surface area contributed by atoms with Gasteiger partial charge in [-0.3, -0.25) is 4.79 Å². The summed E-state index contributed by atoms with van der Waals surface area (Å²) in [5.74, 6) is -0.308. The van der Waals surface area contributed by atoms with Crippen molar-refractivity contribution in [3.05, 3.63) is 27.7 Å². The van der Waals surface area contributed by atoms with Crippen molar-refractivity contribution in [2.45, 2.75) is 27.2 Å². The van der Waals surface area contributed by atoms with E-state index in [4.69, 9.17) is 41.2 Å². The van der Waals surface area contributed by atoms with Gasteiger partial charge in [-0.25, -0.2) is 0 Å². The smallest absolute Gasteiger partial charge is 0.237 e. The van der Waals surface area contributed by atoms with Crippen LogP contribution in [-0.2, 0) is 4.79 Å². The zero-order valence-electron chi connectivity index (χ0n) is 11.0. The summed E-state index contributed by atoms with van der Waals surface area (Å²) in [4.78, 5) is 12.5. The first-order valence-electron chi connectivity index (χ1n) is 5.80. The van der Waals surface area contributed by atoms with Crippen LogP contribution in [-0.4, -0.2) is 10.9 Å². The van der Waals surface area contributed by atoms with E-state index in [0.717, 1.165) is 5.56 Å². The average molecular weight is 319 g/mol. The minimum absolute atomic E-state index is 0.146. The molecule has 1 unspecified atom stereocenters. The topological polar surface area (TPSA) is 55.1 Å². The van der Waals surface area contributed by atoms with Crippen molar-refractivity contribution >= 4 is 52.0 Å².